The molecule has 1 aromatic carbocycles. The number of alkyl halides is 3. The Balaban J connectivity index is 1.69. The Hall–Kier alpha value is -4.21. The third-order valence-electron chi connectivity index (χ3n) is 5.15. The van der Waals surface area contributed by atoms with Gasteiger partial charge in [-0.05, 0) is 42.7 Å². The average Bonchev–Trinajstić information content (AvgIpc) is 2.81. The second-order valence-electron chi connectivity index (χ2n) is 8.11. The van der Waals surface area contributed by atoms with E-state index >= 15 is 0 Å². The van der Waals surface area contributed by atoms with Crippen LogP contribution in [0.1, 0.15) is 23.7 Å². The number of nitrogens with zero attached hydrogens (tertiary/aromatic N) is 3. The maximum Gasteiger partial charge on any atom is 0.418 e. The molecule has 0 radical (unpaired) electrons. The van der Waals surface area contributed by atoms with Crippen LogP contribution >= 0.6 is 0 Å². The van der Waals surface area contributed by atoms with Gasteiger partial charge in [0, 0.05) is 49.0 Å². The van der Waals surface area contributed by atoms with Gasteiger partial charge in [-0.3, -0.25) is 4.98 Å². The van der Waals surface area contributed by atoms with Crippen molar-refractivity contribution in [2.45, 2.75) is 26.4 Å². The minimum atomic E-state index is -4.52. The number of nitrogens with one attached hydrogen (secondary N) is 3. The van der Waals surface area contributed by atoms with Crippen LogP contribution in [-0.4, -0.2) is 22.0 Å². The molecule has 0 amide bonds. The van der Waals surface area contributed by atoms with Crippen LogP contribution < -0.4 is 16.0 Å². The number of allylic oxidation sites excluding steroid dienone is 2. The summed E-state index contributed by atoms with van der Waals surface area (Å²) < 4.78 is 54.2. The van der Waals surface area contributed by atoms with E-state index in [2.05, 4.69) is 44.1 Å². The molecule has 10 heteroatoms. The topological polar surface area (TPSA) is 74.8 Å². The molecule has 6 nitrogen and oxygen atoms in total. The van der Waals surface area contributed by atoms with Gasteiger partial charge >= 0.3 is 6.18 Å². The van der Waals surface area contributed by atoms with E-state index in [0.717, 1.165) is 17.3 Å². The molecule has 3 rings (SSSR count). The van der Waals surface area contributed by atoms with E-state index in [1.165, 1.54) is 19.2 Å². The molecular formula is C26H26F4N6. The zero-order chi connectivity index (χ0) is 26.5. The van der Waals surface area contributed by atoms with Gasteiger partial charge in [0.15, 0.2) is 0 Å². The summed E-state index contributed by atoms with van der Waals surface area (Å²) in [6.07, 6.45) is 1.71. The first-order valence-electron chi connectivity index (χ1n) is 10.9. The maximum absolute atomic E-state index is 14.8. The number of rotatable bonds is 9. The Morgan fingerprint density at radius 1 is 1.00 bits per heavy atom. The Kier molecular flexibility index (Phi) is 8.08. The SMILES string of the molecule is C=C(Cc1ccc(-c2cnc(N/C(=C/NC)C(=C)C)nc2)cc1F)Nc1cnc(C)c(C(F)(F)F)c1. The highest BCUT2D eigenvalue weighted by atomic mass is 19.4. The highest BCUT2D eigenvalue weighted by Crippen LogP contribution is 2.33. The lowest BCUT2D eigenvalue weighted by Crippen LogP contribution is -2.11. The number of aryl methyl sites for hydroxylation is 1. The van der Waals surface area contributed by atoms with Crippen molar-refractivity contribution in [1.29, 1.82) is 0 Å². The normalized spacial score (nSPS) is 11.7. The van der Waals surface area contributed by atoms with Gasteiger partial charge in [-0.1, -0.05) is 25.3 Å². The van der Waals surface area contributed by atoms with Gasteiger partial charge < -0.3 is 16.0 Å². The summed E-state index contributed by atoms with van der Waals surface area (Å²) in [4.78, 5) is 12.3. The van der Waals surface area contributed by atoms with E-state index in [1.54, 1.807) is 37.8 Å². The second-order valence-corrected chi connectivity index (χ2v) is 8.11. The number of anilines is 2. The van der Waals surface area contributed by atoms with Crippen LogP contribution in [0.5, 0.6) is 0 Å². The fourth-order valence-corrected chi connectivity index (χ4v) is 3.31. The van der Waals surface area contributed by atoms with Gasteiger partial charge in [0.05, 0.1) is 23.1 Å². The van der Waals surface area contributed by atoms with Gasteiger partial charge in [-0.2, -0.15) is 13.2 Å². The van der Waals surface area contributed by atoms with E-state index in [-0.39, 0.29) is 17.8 Å². The predicted octanol–water partition coefficient (Wildman–Crippen LogP) is 6.22. The number of hydrogen-bond donors (Lipinski definition) is 3. The Morgan fingerprint density at radius 3 is 2.28 bits per heavy atom. The molecule has 2 aromatic heterocycles. The Bertz CT molecular complexity index is 1300. The van der Waals surface area contributed by atoms with Gasteiger partial charge in [0.25, 0.3) is 0 Å². The molecule has 0 spiro atoms. The van der Waals surface area contributed by atoms with Crippen molar-refractivity contribution < 1.29 is 17.6 Å². The first kappa shape index (κ1) is 26.4. The van der Waals surface area contributed by atoms with Gasteiger partial charge in [-0.15, -0.1) is 0 Å². The van der Waals surface area contributed by atoms with Crippen LogP contribution in [0.15, 0.2) is 79.2 Å². The molecule has 0 bridgehead atoms. The molecule has 3 N–H and O–H groups in total. The molecule has 0 unspecified atom stereocenters. The van der Waals surface area contributed by atoms with Crippen molar-refractivity contribution in [2.75, 3.05) is 17.7 Å². The van der Waals surface area contributed by atoms with Crippen molar-refractivity contribution in [3.63, 3.8) is 0 Å². The number of aromatic nitrogens is 3. The van der Waals surface area contributed by atoms with Crippen LogP contribution in [0, 0.1) is 12.7 Å². The molecule has 0 fully saturated rings. The lowest BCUT2D eigenvalue weighted by Gasteiger charge is -2.14. The Labute approximate surface area is 206 Å². The van der Waals surface area contributed by atoms with E-state index in [0.29, 0.717) is 28.3 Å². The molecule has 0 saturated heterocycles. The lowest BCUT2D eigenvalue weighted by molar-refractivity contribution is -0.138. The molecule has 0 saturated carbocycles. The summed E-state index contributed by atoms with van der Waals surface area (Å²) in [5.41, 5.74) is 2.52. The predicted molar refractivity (Wildman–Crippen MR) is 133 cm³/mol. The molecule has 2 heterocycles. The standard InChI is InChI=1S/C26H26F4N6/c1-15(2)24(14-31-5)36-25-33-11-20(12-34-25)18-6-7-19(23(27)9-18)8-16(3)35-21-10-22(26(28,29)30)17(4)32-13-21/h6-7,9-14,31,35H,1,3,8H2,2,4-5H3,(H,33,34,36)/b24-14+. The van der Waals surface area contributed by atoms with Crippen LogP contribution in [0.25, 0.3) is 11.1 Å². The number of pyridine rings is 1. The fourth-order valence-electron chi connectivity index (χ4n) is 3.31. The molecule has 0 aliphatic carbocycles. The third-order valence-corrected chi connectivity index (χ3v) is 5.15. The van der Waals surface area contributed by atoms with Crippen molar-refractivity contribution in [1.82, 2.24) is 20.3 Å². The average molecular weight is 499 g/mol. The number of benzene rings is 1. The zero-order valence-electron chi connectivity index (χ0n) is 20.1. The van der Waals surface area contributed by atoms with Gasteiger partial charge in [0.2, 0.25) is 5.95 Å². The summed E-state index contributed by atoms with van der Waals surface area (Å²) in [7, 11) is 1.77. The summed E-state index contributed by atoms with van der Waals surface area (Å²) >= 11 is 0. The fraction of sp³-hybridized carbons (Fsp3) is 0.192. The summed E-state index contributed by atoms with van der Waals surface area (Å²) in [6, 6.07) is 5.61. The van der Waals surface area contributed by atoms with Crippen LogP contribution in [0.2, 0.25) is 0 Å². The van der Waals surface area contributed by atoms with E-state index in [1.807, 2.05) is 6.92 Å². The Morgan fingerprint density at radius 2 is 1.69 bits per heavy atom. The van der Waals surface area contributed by atoms with Crippen molar-refractivity contribution in [3.8, 4) is 11.1 Å². The van der Waals surface area contributed by atoms with Crippen LogP contribution in [0.3, 0.4) is 0 Å². The summed E-state index contributed by atoms with van der Waals surface area (Å²) in [5, 5.41) is 8.74. The molecule has 0 atom stereocenters. The quantitative estimate of drug-likeness (QED) is 0.240. The minimum Gasteiger partial charge on any atom is -0.392 e. The molecule has 0 aliphatic heterocycles. The van der Waals surface area contributed by atoms with Gasteiger partial charge in [0.1, 0.15) is 5.82 Å². The second kappa shape index (κ2) is 11.0. The van der Waals surface area contributed by atoms with Crippen LogP contribution in [0.4, 0.5) is 29.2 Å². The van der Waals surface area contributed by atoms with E-state index in [4.69, 9.17) is 0 Å². The smallest absolute Gasteiger partial charge is 0.392 e. The monoisotopic (exact) mass is 498 g/mol. The first-order valence-corrected chi connectivity index (χ1v) is 10.9. The largest absolute Gasteiger partial charge is 0.418 e. The number of halogens is 4. The molecule has 3 aromatic rings. The van der Waals surface area contributed by atoms with Crippen molar-refractivity contribution in [2.24, 2.45) is 0 Å². The minimum absolute atomic E-state index is 0.0716. The van der Waals surface area contributed by atoms with Crippen LogP contribution in [-0.2, 0) is 12.6 Å². The zero-order valence-corrected chi connectivity index (χ0v) is 20.1. The third kappa shape index (κ3) is 6.68. The van der Waals surface area contributed by atoms with E-state index < -0.39 is 17.6 Å². The van der Waals surface area contributed by atoms with E-state index in [9.17, 15) is 17.6 Å². The summed E-state index contributed by atoms with van der Waals surface area (Å²) in [5.74, 6) is -0.126. The molecular weight excluding hydrogens is 472 g/mol. The maximum atomic E-state index is 14.8. The highest BCUT2D eigenvalue weighted by Gasteiger charge is 2.33. The van der Waals surface area contributed by atoms with Crippen molar-refractivity contribution in [3.05, 3.63) is 102 Å². The lowest BCUT2D eigenvalue weighted by atomic mass is 10.0. The highest BCUT2D eigenvalue weighted by molar-refractivity contribution is 5.63. The van der Waals surface area contributed by atoms with Gasteiger partial charge in [-0.25, -0.2) is 14.4 Å². The molecule has 0 aliphatic rings. The molecule has 188 valence electrons. The summed E-state index contributed by atoms with van der Waals surface area (Å²) in [6.45, 7) is 10.8. The van der Waals surface area contributed by atoms with Crippen molar-refractivity contribution >= 4 is 11.6 Å². The first-order chi connectivity index (χ1) is 17.0. The number of hydrogen-bond acceptors (Lipinski definition) is 6. The molecule has 36 heavy (non-hydrogen) atoms.